The van der Waals surface area contributed by atoms with Gasteiger partial charge < -0.3 is 4.90 Å². The predicted molar refractivity (Wildman–Crippen MR) is 72.7 cm³/mol. The number of hydrogen-bond acceptors (Lipinski definition) is 4. The zero-order valence-electron chi connectivity index (χ0n) is 9.71. The average molecular weight is 324 g/mol. The molecule has 2 N–H and O–H groups in total. The highest BCUT2D eigenvalue weighted by Gasteiger charge is 2.33. The minimum Gasteiger partial charge on any atom is -0.309 e. The molecule has 1 aromatic heterocycles. The summed E-state index contributed by atoms with van der Waals surface area (Å²) in [6.07, 6.45) is 0.120. The van der Waals surface area contributed by atoms with Crippen molar-refractivity contribution in [3.63, 3.8) is 0 Å². The summed E-state index contributed by atoms with van der Waals surface area (Å²) in [4.78, 5) is 17.1. The molecule has 1 atom stereocenters. The summed E-state index contributed by atoms with van der Waals surface area (Å²) in [6.45, 7) is 0.248. The third-order valence-electron chi connectivity index (χ3n) is 2.76. The molecule has 1 unspecified atom stereocenters. The fourth-order valence-corrected chi connectivity index (χ4v) is 3.39. The highest BCUT2D eigenvalue weighted by molar-refractivity contribution is 7.89. The molecule has 1 saturated heterocycles. The number of pyridine rings is 1. The van der Waals surface area contributed by atoms with E-state index in [1.54, 1.807) is 6.07 Å². The maximum atomic E-state index is 11.9. The van der Waals surface area contributed by atoms with Crippen LogP contribution in [-0.2, 0) is 14.8 Å². The monoisotopic (exact) mass is 323 g/mol. The second-order valence-corrected chi connectivity index (χ2v) is 6.75. The number of nitrogens with zero attached hydrogens (tertiary/aromatic N) is 2. The number of amides is 1. The molecule has 0 aliphatic carbocycles. The maximum absolute atomic E-state index is 11.9. The van der Waals surface area contributed by atoms with E-state index in [1.165, 1.54) is 11.0 Å². The Balaban J connectivity index is 2.20. The Morgan fingerprint density at radius 2 is 2.11 bits per heavy atom. The molecule has 0 spiro atoms. The van der Waals surface area contributed by atoms with Crippen molar-refractivity contribution in [1.29, 1.82) is 0 Å². The van der Waals surface area contributed by atoms with Gasteiger partial charge in [0, 0.05) is 18.9 Å². The zero-order chi connectivity index (χ0) is 14.2. The van der Waals surface area contributed by atoms with Crippen molar-refractivity contribution in [2.45, 2.75) is 6.42 Å². The molecule has 104 valence electrons. The van der Waals surface area contributed by atoms with Gasteiger partial charge in [0.2, 0.25) is 15.9 Å². The lowest BCUT2D eigenvalue weighted by Crippen LogP contribution is -2.27. The first-order valence-corrected chi connectivity index (χ1v) is 7.86. The van der Waals surface area contributed by atoms with Gasteiger partial charge in [-0.2, -0.15) is 0 Å². The van der Waals surface area contributed by atoms with Crippen LogP contribution in [0.3, 0.4) is 0 Å². The van der Waals surface area contributed by atoms with Crippen molar-refractivity contribution in [3.05, 3.63) is 22.4 Å². The molecule has 2 heterocycles. The van der Waals surface area contributed by atoms with E-state index in [4.69, 9.17) is 28.3 Å². The Morgan fingerprint density at radius 3 is 2.68 bits per heavy atom. The Morgan fingerprint density at radius 1 is 1.42 bits per heavy atom. The first-order valence-electron chi connectivity index (χ1n) is 5.39. The van der Waals surface area contributed by atoms with Crippen LogP contribution in [0.2, 0.25) is 10.3 Å². The first-order chi connectivity index (χ1) is 8.76. The summed E-state index contributed by atoms with van der Waals surface area (Å²) >= 11 is 11.6. The van der Waals surface area contributed by atoms with Crippen LogP contribution in [-0.4, -0.2) is 31.6 Å². The number of halogens is 2. The second-order valence-electron chi connectivity index (χ2n) is 4.35. The Hall–Kier alpha value is -0.890. The largest absolute Gasteiger partial charge is 0.309 e. The van der Waals surface area contributed by atoms with E-state index in [0.29, 0.717) is 5.69 Å². The molecule has 19 heavy (non-hydrogen) atoms. The number of sulfonamides is 1. The summed E-state index contributed by atoms with van der Waals surface area (Å²) in [5, 5.41) is 5.31. The number of carbonyl (C=O) groups excluding carboxylic acids is 1. The van der Waals surface area contributed by atoms with Gasteiger partial charge in [0.1, 0.15) is 5.15 Å². The standard InChI is InChI=1S/C10H11Cl2N3O3S/c11-8-2-1-7(10(12)14-8)15-4-6(3-9(15)16)5-19(13,17)18/h1-2,6H,3-5H2,(H2,13,17,18). The van der Waals surface area contributed by atoms with Gasteiger partial charge in [-0.05, 0) is 12.1 Å². The number of carbonyl (C=O) groups is 1. The van der Waals surface area contributed by atoms with E-state index in [-0.39, 0.29) is 40.8 Å². The van der Waals surface area contributed by atoms with E-state index < -0.39 is 10.0 Å². The van der Waals surface area contributed by atoms with Crippen LogP contribution in [0.5, 0.6) is 0 Å². The van der Waals surface area contributed by atoms with E-state index >= 15 is 0 Å². The van der Waals surface area contributed by atoms with Crippen LogP contribution in [0.15, 0.2) is 12.1 Å². The molecule has 1 aromatic rings. The molecule has 0 bridgehead atoms. The van der Waals surface area contributed by atoms with Crippen LogP contribution >= 0.6 is 23.2 Å². The third kappa shape index (κ3) is 3.56. The number of aromatic nitrogens is 1. The van der Waals surface area contributed by atoms with Crippen LogP contribution in [0.25, 0.3) is 0 Å². The van der Waals surface area contributed by atoms with E-state index in [2.05, 4.69) is 4.98 Å². The van der Waals surface area contributed by atoms with Gasteiger partial charge >= 0.3 is 0 Å². The van der Waals surface area contributed by atoms with E-state index in [0.717, 1.165) is 0 Å². The summed E-state index contributed by atoms with van der Waals surface area (Å²) in [7, 11) is -3.60. The number of anilines is 1. The molecule has 6 nitrogen and oxygen atoms in total. The van der Waals surface area contributed by atoms with Gasteiger partial charge in [0.15, 0.2) is 5.15 Å². The Labute approximate surface area is 120 Å². The smallest absolute Gasteiger partial charge is 0.227 e. The fraction of sp³-hybridized carbons (Fsp3) is 0.400. The molecular weight excluding hydrogens is 313 g/mol. The highest BCUT2D eigenvalue weighted by atomic mass is 35.5. The summed E-state index contributed by atoms with van der Waals surface area (Å²) in [5.74, 6) is -0.776. The minimum absolute atomic E-state index is 0.108. The molecule has 1 amide bonds. The number of primary sulfonamides is 1. The van der Waals surface area contributed by atoms with Crippen LogP contribution in [0.1, 0.15) is 6.42 Å². The van der Waals surface area contributed by atoms with E-state index in [9.17, 15) is 13.2 Å². The lowest BCUT2D eigenvalue weighted by atomic mass is 10.1. The van der Waals surface area contributed by atoms with Gasteiger partial charge in [-0.25, -0.2) is 18.5 Å². The SMILES string of the molecule is NS(=O)(=O)CC1CC(=O)N(c2ccc(Cl)nc2Cl)C1. The molecule has 1 fully saturated rings. The number of rotatable bonds is 3. The summed E-state index contributed by atoms with van der Waals surface area (Å²) in [6, 6.07) is 3.10. The molecular formula is C10H11Cl2N3O3S. The van der Waals surface area contributed by atoms with Crippen molar-refractivity contribution >= 4 is 44.8 Å². The summed E-state index contributed by atoms with van der Waals surface area (Å²) < 4.78 is 22.1. The predicted octanol–water partition coefficient (Wildman–Crippen LogP) is 1.03. The normalized spacial score (nSPS) is 20.1. The lowest BCUT2D eigenvalue weighted by Gasteiger charge is -2.17. The van der Waals surface area contributed by atoms with E-state index in [1.807, 2.05) is 0 Å². The summed E-state index contributed by atoms with van der Waals surface area (Å²) in [5.41, 5.74) is 0.424. The number of nitrogens with two attached hydrogens (primary N) is 1. The molecule has 0 saturated carbocycles. The van der Waals surface area contributed by atoms with Crippen molar-refractivity contribution < 1.29 is 13.2 Å². The minimum atomic E-state index is -3.60. The molecule has 1 aliphatic heterocycles. The van der Waals surface area contributed by atoms with Gasteiger partial charge in [-0.1, -0.05) is 23.2 Å². The average Bonchev–Trinajstić information content (AvgIpc) is 2.56. The van der Waals surface area contributed by atoms with Crippen molar-refractivity contribution in [2.24, 2.45) is 11.1 Å². The Kier molecular flexibility index (Phi) is 4.00. The molecule has 1 aliphatic rings. The Bertz CT molecular complexity index is 620. The molecule has 2 rings (SSSR count). The number of hydrogen-bond donors (Lipinski definition) is 1. The highest BCUT2D eigenvalue weighted by Crippen LogP contribution is 2.31. The zero-order valence-corrected chi connectivity index (χ0v) is 12.0. The lowest BCUT2D eigenvalue weighted by molar-refractivity contribution is -0.117. The quantitative estimate of drug-likeness (QED) is 0.840. The van der Waals surface area contributed by atoms with Gasteiger partial charge in [-0.15, -0.1) is 0 Å². The molecule has 0 radical (unpaired) electrons. The fourth-order valence-electron chi connectivity index (χ4n) is 2.06. The topological polar surface area (TPSA) is 93.4 Å². The van der Waals surface area contributed by atoms with Gasteiger partial charge in [-0.3, -0.25) is 4.79 Å². The van der Waals surface area contributed by atoms with Crippen LogP contribution in [0.4, 0.5) is 5.69 Å². The van der Waals surface area contributed by atoms with Crippen molar-refractivity contribution in [2.75, 3.05) is 17.2 Å². The van der Waals surface area contributed by atoms with Crippen LogP contribution < -0.4 is 10.0 Å². The van der Waals surface area contributed by atoms with Crippen LogP contribution in [0, 0.1) is 5.92 Å². The second kappa shape index (κ2) is 5.24. The van der Waals surface area contributed by atoms with Crippen molar-refractivity contribution in [3.8, 4) is 0 Å². The van der Waals surface area contributed by atoms with Gasteiger partial charge in [0.25, 0.3) is 0 Å². The first kappa shape index (κ1) is 14.5. The third-order valence-corrected chi connectivity index (χ3v) is 4.18. The van der Waals surface area contributed by atoms with Gasteiger partial charge in [0.05, 0.1) is 11.4 Å². The molecule has 9 heteroatoms. The van der Waals surface area contributed by atoms with Crippen molar-refractivity contribution in [1.82, 2.24) is 4.98 Å². The maximum Gasteiger partial charge on any atom is 0.227 e. The molecule has 0 aromatic carbocycles.